The number of rotatable bonds is 3. The molecule has 1 aromatic rings. The van der Waals surface area contributed by atoms with Gasteiger partial charge in [0.05, 0.1) is 12.5 Å². The molecule has 0 N–H and O–H groups in total. The van der Waals surface area contributed by atoms with E-state index >= 15 is 0 Å². The van der Waals surface area contributed by atoms with Gasteiger partial charge in [-0.25, -0.2) is 4.39 Å². The Morgan fingerprint density at radius 3 is 2.81 bits per heavy atom. The number of nitrogens with zero attached hydrogens (tertiary/aromatic N) is 2. The summed E-state index contributed by atoms with van der Waals surface area (Å²) in [6.45, 7) is 1.99. The SMILES string of the molecule is Cc1ccc(C(=O)N(C)CCC#N)cc1F. The highest BCUT2D eigenvalue weighted by Gasteiger charge is 2.12. The molecular formula is C12H13FN2O. The molecule has 0 unspecified atom stereocenters. The predicted molar refractivity (Wildman–Crippen MR) is 58.3 cm³/mol. The third-order valence-corrected chi connectivity index (χ3v) is 2.32. The Balaban J connectivity index is 2.80. The number of aryl methyl sites for hydroxylation is 1. The van der Waals surface area contributed by atoms with Gasteiger partial charge in [0.25, 0.3) is 5.91 Å². The molecule has 0 saturated heterocycles. The summed E-state index contributed by atoms with van der Waals surface area (Å²) in [4.78, 5) is 13.2. The van der Waals surface area contributed by atoms with Crippen molar-refractivity contribution in [2.75, 3.05) is 13.6 Å². The first-order chi connectivity index (χ1) is 7.56. The molecule has 0 aliphatic carbocycles. The summed E-state index contributed by atoms with van der Waals surface area (Å²) < 4.78 is 13.2. The fraction of sp³-hybridized carbons (Fsp3) is 0.333. The maximum absolute atomic E-state index is 13.2. The van der Waals surface area contributed by atoms with Crippen molar-refractivity contribution in [3.8, 4) is 6.07 Å². The van der Waals surface area contributed by atoms with Gasteiger partial charge in [-0.2, -0.15) is 5.26 Å². The Morgan fingerprint density at radius 2 is 2.25 bits per heavy atom. The lowest BCUT2D eigenvalue weighted by molar-refractivity contribution is 0.0797. The summed E-state index contributed by atoms with van der Waals surface area (Å²) in [5.41, 5.74) is 0.819. The first-order valence-corrected chi connectivity index (χ1v) is 4.95. The van der Waals surface area contributed by atoms with Gasteiger partial charge in [-0.3, -0.25) is 4.79 Å². The minimum Gasteiger partial charge on any atom is -0.341 e. The van der Waals surface area contributed by atoms with Crippen LogP contribution < -0.4 is 0 Å². The van der Waals surface area contributed by atoms with Gasteiger partial charge < -0.3 is 4.90 Å². The average molecular weight is 220 g/mol. The normalized spacial score (nSPS) is 9.62. The van der Waals surface area contributed by atoms with Crippen LogP contribution >= 0.6 is 0 Å². The summed E-state index contributed by atoms with van der Waals surface area (Å²) in [5, 5.41) is 8.40. The van der Waals surface area contributed by atoms with Gasteiger partial charge in [0.15, 0.2) is 0 Å². The molecule has 16 heavy (non-hydrogen) atoms. The van der Waals surface area contributed by atoms with Gasteiger partial charge in [-0.05, 0) is 24.6 Å². The van der Waals surface area contributed by atoms with E-state index in [4.69, 9.17) is 5.26 Å². The van der Waals surface area contributed by atoms with E-state index in [1.165, 1.54) is 11.0 Å². The molecule has 0 aliphatic rings. The molecule has 1 rings (SSSR count). The molecule has 4 heteroatoms. The molecule has 3 nitrogen and oxygen atoms in total. The van der Waals surface area contributed by atoms with Crippen LogP contribution in [-0.4, -0.2) is 24.4 Å². The molecule has 0 radical (unpaired) electrons. The molecule has 0 atom stereocenters. The van der Waals surface area contributed by atoms with Crippen molar-refractivity contribution in [3.63, 3.8) is 0 Å². The van der Waals surface area contributed by atoms with Crippen LogP contribution in [0, 0.1) is 24.1 Å². The Labute approximate surface area is 94.1 Å². The summed E-state index contributed by atoms with van der Waals surface area (Å²) in [6, 6.07) is 6.34. The van der Waals surface area contributed by atoms with Crippen molar-refractivity contribution >= 4 is 5.91 Å². The number of nitriles is 1. The van der Waals surface area contributed by atoms with Crippen molar-refractivity contribution < 1.29 is 9.18 Å². The predicted octanol–water partition coefficient (Wildman–Crippen LogP) is 2.12. The average Bonchev–Trinajstić information content (AvgIpc) is 2.28. The lowest BCUT2D eigenvalue weighted by Gasteiger charge is -2.15. The highest BCUT2D eigenvalue weighted by atomic mass is 19.1. The largest absolute Gasteiger partial charge is 0.341 e. The second-order valence-electron chi connectivity index (χ2n) is 3.60. The van der Waals surface area contributed by atoms with E-state index in [9.17, 15) is 9.18 Å². The van der Waals surface area contributed by atoms with Crippen LogP contribution in [0.1, 0.15) is 22.3 Å². The molecule has 84 valence electrons. The van der Waals surface area contributed by atoms with Crippen molar-refractivity contribution in [3.05, 3.63) is 35.1 Å². The topological polar surface area (TPSA) is 44.1 Å². The highest BCUT2D eigenvalue weighted by Crippen LogP contribution is 2.11. The van der Waals surface area contributed by atoms with E-state index in [1.807, 2.05) is 6.07 Å². The first kappa shape index (κ1) is 12.2. The highest BCUT2D eigenvalue weighted by molar-refractivity contribution is 5.94. The summed E-state index contributed by atoms with van der Waals surface area (Å²) >= 11 is 0. The smallest absolute Gasteiger partial charge is 0.253 e. The minimum absolute atomic E-state index is 0.269. The van der Waals surface area contributed by atoms with E-state index in [2.05, 4.69) is 0 Å². The quantitative estimate of drug-likeness (QED) is 0.783. The van der Waals surface area contributed by atoms with Gasteiger partial charge in [-0.15, -0.1) is 0 Å². The van der Waals surface area contributed by atoms with Crippen molar-refractivity contribution in [2.45, 2.75) is 13.3 Å². The Bertz CT molecular complexity index is 437. The van der Waals surface area contributed by atoms with Crippen LogP contribution in [0.25, 0.3) is 0 Å². The Hall–Kier alpha value is -1.89. The van der Waals surface area contributed by atoms with Crippen LogP contribution in [-0.2, 0) is 0 Å². The second-order valence-corrected chi connectivity index (χ2v) is 3.60. The zero-order valence-corrected chi connectivity index (χ0v) is 9.33. The minimum atomic E-state index is -0.389. The number of carbonyl (C=O) groups excluding carboxylic acids is 1. The molecule has 0 heterocycles. The van der Waals surface area contributed by atoms with Crippen LogP contribution in [0.3, 0.4) is 0 Å². The lowest BCUT2D eigenvalue weighted by atomic mass is 10.1. The molecule has 0 saturated carbocycles. The van der Waals surface area contributed by atoms with Gasteiger partial charge >= 0.3 is 0 Å². The maximum atomic E-state index is 13.2. The zero-order valence-electron chi connectivity index (χ0n) is 9.33. The Kier molecular flexibility index (Phi) is 4.01. The van der Waals surface area contributed by atoms with Crippen molar-refractivity contribution in [1.29, 1.82) is 5.26 Å². The van der Waals surface area contributed by atoms with E-state index in [1.54, 1.807) is 26.1 Å². The number of benzene rings is 1. The van der Waals surface area contributed by atoms with Gasteiger partial charge in [0.2, 0.25) is 0 Å². The van der Waals surface area contributed by atoms with Gasteiger partial charge in [0.1, 0.15) is 5.82 Å². The van der Waals surface area contributed by atoms with Crippen molar-refractivity contribution in [1.82, 2.24) is 4.90 Å². The van der Waals surface area contributed by atoms with E-state index in [0.717, 1.165) is 0 Å². The van der Waals surface area contributed by atoms with E-state index in [0.29, 0.717) is 17.7 Å². The van der Waals surface area contributed by atoms with Crippen LogP contribution in [0.5, 0.6) is 0 Å². The van der Waals surface area contributed by atoms with E-state index in [-0.39, 0.29) is 18.1 Å². The number of halogens is 1. The molecule has 0 bridgehead atoms. The summed E-state index contributed by atoms with van der Waals surface area (Å²) in [6.07, 6.45) is 0.274. The fourth-order valence-electron chi connectivity index (χ4n) is 1.27. The number of carbonyl (C=O) groups is 1. The summed E-state index contributed by atoms with van der Waals surface area (Å²) in [5.74, 6) is -0.659. The maximum Gasteiger partial charge on any atom is 0.253 e. The Morgan fingerprint density at radius 1 is 1.56 bits per heavy atom. The number of hydrogen-bond donors (Lipinski definition) is 0. The van der Waals surface area contributed by atoms with Crippen molar-refractivity contribution in [2.24, 2.45) is 0 Å². The van der Waals surface area contributed by atoms with Crippen LogP contribution in [0.2, 0.25) is 0 Å². The van der Waals surface area contributed by atoms with E-state index < -0.39 is 0 Å². The molecule has 0 fully saturated rings. The standard InChI is InChI=1S/C12H13FN2O/c1-9-4-5-10(8-11(9)13)12(16)15(2)7-3-6-14/h4-5,8H,3,7H2,1-2H3. The number of amides is 1. The molecule has 0 aliphatic heterocycles. The first-order valence-electron chi connectivity index (χ1n) is 4.95. The third-order valence-electron chi connectivity index (χ3n) is 2.32. The molecule has 1 amide bonds. The van der Waals surface area contributed by atoms with Crippen LogP contribution in [0.15, 0.2) is 18.2 Å². The number of hydrogen-bond acceptors (Lipinski definition) is 2. The third kappa shape index (κ3) is 2.80. The zero-order chi connectivity index (χ0) is 12.1. The fourth-order valence-corrected chi connectivity index (χ4v) is 1.27. The lowest BCUT2D eigenvalue weighted by Crippen LogP contribution is -2.27. The molecular weight excluding hydrogens is 207 g/mol. The molecule has 1 aromatic carbocycles. The van der Waals surface area contributed by atoms with Gasteiger partial charge in [-0.1, -0.05) is 6.07 Å². The summed E-state index contributed by atoms with van der Waals surface area (Å²) in [7, 11) is 1.59. The molecule has 0 spiro atoms. The molecule has 0 aromatic heterocycles. The van der Waals surface area contributed by atoms with Crippen LogP contribution in [0.4, 0.5) is 4.39 Å². The van der Waals surface area contributed by atoms with Gasteiger partial charge in [0, 0.05) is 19.2 Å². The monoisotopic (exact) mass is 220 g/mol. The second kappa shape index (κ2) is 5.26.